The molecule has 5 nitrogen and oxygen atoms in total. The van der Waals surface area contributed by atoms with Crippen molar-refractivity contribution in [3.8, 4) is 18.1 Å². The largest absolute Gasteiger partial charge is 0.492 e. The second kappa shape index (κ2) is 7.66. The molecule has 2 aromatic rings. The zero-order valence-electron chi connectivity index (χ0n) is 15.7. The Balaban J connectivity index is 1.97. The van der Waals surface area contributed by atoms with Crippen LogP contribution in [0.25, 0.3) is 0 Å². The van der Waals surface area contributed by atoms with Crippen LogP contribution in [0.3, 0.4) is 0 Å². The number of nitrogens with zero attached hydrogens (tertiary/aromatic N) is 2. The summed E-state index contributed by atoms with van der Waals surface area (Å²) < 4.78 is 11.3. The quantitative estimate of drug-likeness (QED) is 0.664. The Morgan fingerprint density at radius 3 is 2.74 bits per heavy atom. The van der Waals surface area contributed by atoms with Crippen LogP contribution in [-0.2, 0) is 4.79 Å². The third-order valence-corrected chi connectivity index (χ3v) is 4.77. The van der Waals surface area contributed by atoms with Crippen molar-refractivity contribution in [2.75, 3.05) is 11.5 Å². The van der Waals surface area contributed by atoms with E-state index in [1.807, 2.05) is 20.8 Å². The second-order valence-corrected chi connectivity index (χ2v) is 8.23. The zero-order valence-corrected chi connectivity index (χ0v) is 16.5. The molecule has 0 N–H and O–H groups in total. The number of hydrogen-bond donors (Lipinski definition) is 0. The third-order valence-electron chi connectivity index (χ3n) is 4.47. The summed E-state index contributed by atoms with van der Waals surface area (Å²) in [5, 5.41) is 0.433. The molecule has 1 aliphatic rings. The van der Waals surface area contributed by atoms with Crippen molar-refractivity contribution >= 4 is 23.2 Å². The molecule has 27 heavy (non-hydrogen) atoms. The topological polar surface area (TPSA) is 55.6 Å². The van der Waals surface area contributed by atoms with Gasteiger partial charge in [-0.15, -0.1) is 6.42 Å². The summed E-state index contributed by atoms with van der Waals surface area (Å²) in [6, 6.07) is 4.75. The van der Waals surface area contributed by atoms with Crippen LogP contribution in [0.4, 0.5) is 5.69 Å². The first-order valence-corrected chi connectivity index (χ1v) is 9.30. The Hall–Kier alpha value is -2.45. The molecule has 1 heterocycles. The van der Waals surface area contributed by atoms with Gasteiger partial charge in [0.1, 0.15) is 18.1 Å². The first-order chi connectivity index (χ1) is 12.8. The molecular weight excluding hydrogens is 364 g/mol. The van der Waals surface area contributed by atoms with E-state index in [0.717, 1.165) is 0 Å². The van der Waals surface area contributed by atoms with Crippen LogP contribution in [-0.4, -0.2) is 17.5 Å². The lowest BCUT2D eigenvalue weighted by Crippen LogP contribution is -2.41. The first-order valence-electron chi connectivity index (χ1n) is 8.93. The van der Waals surface area contributed by atoms with Gasteiger partial charge in [0.05, 0.1) is 17.8 Å². The molecule has 0 aliphatic heterocycles. The summed E-state index contributed by atoms with van der Waals surface area (Å²) >= 11 is 6.42. The number of hydrogen-bond acceptors (Lipinski definition) is 4. The van der Waals surface area contributed by atoms with Crippen molar-refractivity contribution in [1.29, 1.82) is 0 Å². The zero-order chi connectivity index (χ0) is 19.6. The van der Waals surface area contributed by atoms with E-state index >= 15 is 0 Å². The molecule has 1 saturated carbocycles. The number of anilines is 1. The van der Waals surface area contributed by atoms with Crippen molar-refractivity contribution in [2.45, 2.75) is 39.7 Å². The Kier molecular flexibility index (Phi) is 5.48. The fourth-order valence-electron chi connectivity index (χ4n) is 2.94. The highest BCUT2D eigenvalue weighted by molar-refractivity contribution is 6.32. The van der Waals surface area contributed by atoms with Gasteiger partial charge < -0.3 is 9.15 Å². The standard InChI is InChI=1S/C21H23ClN2O3/c1-5-18(25)24(19(21(2,3)4)20-23-10-11-26-20)15-8-9-17(16(22)12-15)27-13-14-6-7-14/h1,8-12,14,19H,6-7,13H2,2-4H3. The van der Waals surface area contributed by atoms with E-state index in [0.29, 0.717) is 34.9 Å². The van der Waals surface area contributed by atoms with Gasteiger partial charge in [0.2, 0.25) is 5.89 Å². The van der Waals surface area contributed by atoms with Crippen molar-refractivity contribution < 1.29 is 13.9 Å². The van der Waals surface area contributed by atoms with E-state index in [1.54, 1.807) is 24.4 Å². The average molecular weight is 387 g/mol. The van der Waals surface area contributed by atoms with Gasteiger partial charge in [0.25, 0.3) is 0 Å². The van der Waals surface area contributed by atoms with Crippen LogP contribution in [0, 0.1) is 23.7 Å². The summed E-state index contributed by atoms with van der Waals surface area (Å²) in [5.41, 5.74) is 0.185. The Morgan fingerprint density at radius 2 is 2.22 bits per heavy atom. The van der Waals surface area contributed by atoms with E-state index < -0.39 is 11.9 Å². The number of carbonyl (C=O) groups is 1. The van der Waals surface area contributed by atoms with E-state index in [9.17, 15) is 4.79 Å². The van der Waals surface area contributed by atoms with Crippen LogP contribution >= 0.6 is 11.6 Å². The predicted octanol–water partition coefficient (Wildman–Crippen LogP) is 4.87. The van der Waals surface area contributed by atoms with Gasteiger partial charge in [-0.3, -0.25) is 9.69 Å². The summed E-state index contributed by atoms with van der Waals surface area (Å²) in [4.78, 5) is 18.4. The molecule has 1 aromatic carbocycles. The third kappa shape index (κ3) is 4.45. The van der Waals surface area contributed by atoms with Gasteiger partial charge in [-0.2, -0.15) is 0 Å². The molecule has 0 spiro atoms. The predicted molar refractivity (Wildman–Crippen MR) is 105 cm³/mol. The lowest BCUT2D eigenvalue weighted by atomic mass is 9.85. The molecule has 0 bridgehead atoms. The SMILES string of the molecule is C#CC(=O)N(c1ccc(OCC2CC2)c(Cl)c1)C(c1ncco1)C(C)(C)C. The summed E-state index contributed by atoms with van der Waals surface area (Å²) in [7, 11) is 0. The van der Waals surface area contributed by atoms with Crippen LogP contribution < -0.4 is 9.64 Å². The number of aromatic nitrogens is 1. The van der Waals surface area contributed by atoms with Gasteiger partial charge in [0, 0.05) is 5.69 Å². The highest BCUT2D eigenvalue weighted by Crippen LogP contribution is 2.42. The van der Waals surface area contributed by atoms with Gasteiger partial charge in [-0.1, -0.05) is 32.4 Å². The van der Waals surface area contributed by atoms with Crippen LogP contribution in [0.15, 0.2) is 35.1 Å². The van der Waals surface area contributed by atoms with E-state index in [2.05, 4.69) is 10.9 Å². The smallest absolute Gasteiger partial charge is 0.303 e. The minimum absolute atomic E-state index is 0.384. The monoisotopic (exact) mass is 386 g/mol. The molecule has 6 heteroatoms. The molecular formula is C21H23ClN2O3. The first kappa shape index (κ1) is 19.3. The minimum Gasteiger partial charge on any atom is -0.492 e. The summed E-state index contributed by atoms with van der Waals surface area (Å²) in [5.74, 6) is 3.35. The molecule has 3 rings (SSSR count). The van der Waals surface area contributed by atoms with Crippen LogP contribution in [0.1, 0.15) is 45.5 Å². The summed E-state index contributed by atoms with van der Waals surface area (Å²) in [6.07, 6.45) is 10.9. The Bertz CT molecular complexity index is 845. The molecule has 1 unspecified atom stereocenters. The Morgan fingerprint density at radius 1 is 1.48 bits per heavy atom. The fraction of sp³-hybridized carbons (Fsp3) is 0.429. The normalized spacial score (nSPS) is 15.1. The minimum atomic E-state index is -0.495. The number of terminal acetylenes is 1. The molecule has 0 radical (unpaired) electrons. The van der Waals surface area contributed by atoms with E-state index in [4.69, 9.17) is 27.2 Å². The maximum Gasteiger partial charge on any atom is 0.303 e. The van der Waals surface area contributed by atoms with Gasteiger partial charge in [-0.05, 0) is 48.3 Å². The van der Waals surface area contributed by atoms with Gasteiger partial charge >= 0.3 is 5.91 Å². The number of oxazole rings is 1. The molecule has 142 valence electrons. The number of carbonyl (C=O) groups excluding carboxylic acids is 1. The van der Waals surface area contributed by atoms with Crippen molar-refractivity contribution in [3.63, 3.8) is 0 Å². The van der Waals surface area contributed by atoms with Gasteiger partial charge in [0.15, 0.2) is 0 Å². The second-order valence-electron chi connectivity index (χ2n) is 7.83. The Labute approximate surface area is 164 Å². The maximum atomic E-state index is 12.7. The average Bonchev–Trinajstić information content (AvgIpc) is 3.29. The van der Waals surface area contributed by atoms with E-state index in [-0.39, 0.29) is 5.41 Å². The highest BCUT2D eigenvalue weighted by atomic mass is 35.5. The van der Waals surface area contributed by atoms with Crippen molar-refractivity contribution in [1.82, 2.24) is 4.98 Å². The number of ether oxygens (including phenoxy) is 1. The lowest BCUT2D eigenvalue weighted by Gasteiger charge is -2.37. The lowest BCUT2D eigenvalue weighted by molar-refractivity contribution is -0.114. The van der Waals surface area contributed by atoms with Crippen LogP contribution in [0.2, 0.25) is 5.02 Å². The fourth-order valence-corrected chi connectivity index (χ4v) is 3.17. The molecule has 1 aromatic heterocycles. The number of benzene rings is 1. The maximum absolute atomic E-state index is 12.7. The highest BCUT2D eigenvalue weighted by Gasteiger charge is 2.38. The molecule has 1 amide bonds. The van der Waals surface area contributed by atoms with Crippen LogP contribution in [0.5, 0.6) is 5.75 Å². The molecule has 0 saturated heterocycles. The van der Waals surface area contributed by atoms with Crippen molar-refractivity contribution in [2.24, 2.45) is 11.3 Å². The molecule has 1 fully saturated rings. The van der Waals surface area contributed by atoms with Gasteiger partial charge in [-0.25, -0.2) is 4.98 Å². The number of amides is 1. The van der Waals surface area contributed by atoms with Crippen molar-refractivity contribution in [3.05, 3.63) is 41.6 Å². The van der Waals surface area contributed by atoms with E-state index in [1.165, 1.54) is 24.0 Å². The molecule has 1 aliphatic carbocycles. The number of halogens is 1. The molecule has 1 atom stereocenters. The summed E-state index contributed by atoms with van der Waals surface area (Å²) in [6.45, 7) is 6.64. The number of rotatable bonds is 6.